The number of nitriles is 1. The number of aliphatic hydroxyl groups is 1. The summed E-state index contributed by atoms with van der Waals surface area (Å²) in [6.45, 7) is 2.14. The van der Waals surface area contributed by atoms with E-state index < -0.39 is 17.5 Å². The molecule has 56 heavy (non-hydrogen) atoms. The van der Waals surface area contributed by atoms with E-state index in [2.05, 4.69) is 16.4 Å². The van der Waals surface area contributed by atoms with E-state index in [1.54, 1.807) is 40.1 Å². The molecule has 1 aromatic heterocycles. The lowest BCUT2D eigenvalue weighted by Crippen LogP contribution is -2.49. The lowest BCUT2D eigenvalue weighted by atomic mass is 9.73. The van der Waals surface area contributed by atoms with Gasteiger partial charge in [0.25, 0.3) is 0 Å². The molecule has 5 N–H and O–H groups in total. The zero-order valence-corrected chi connectivity index (χ0v) is 31.0. The van der Waals surface area contributed by atoms with Crippen LogP contribution in [0.3, 0.4) is 0 Å². The highest BCUT2D eigenvalue weighted by Gasteiger charge is 2.43. The quantitative estimate of drug-likeness (QED) is 0.0954. The Labute approximate surface area is 324 Å². The maximum atomic E-state index is 13.7. The number of phenolic OH excluding ortho intramolecular Hbond substituents is 1. The largest absolute Gasteiger partial charge is 0.506 e. The lowest BCUT2D eigenvalue weighted by Gasteiger charge is -2.39. The van der Waals surface area contributed by atoms with Crippen LogP contribution < -0.4 is 10.9 Å². The van der Waals surface area contributed by atoms with Crippen LogP contribution in [0.4, 0.5) is 0 Å². The Morgan fingerprint density at radius 3 is 2.30 bits per heavy atom. The molecule has 0 unspecified atom stereocenters. The molecule has 288 valence electrons. The standard InChI is InChI=1S/C44H45N5O7/c45-27-32-6-4-7-33(24-32)29-49(21-5-20-46-28-38(51)35-14-16-37(50)42-36(35)15-17-39(52)47-42)41(54)26-31-12-10-30(11-13-31)25-40(53)48-22-18-44(19-23-48,43(55)56)34-8-2-1-3-9-34/h1-4,6-17,24,38,46,50-51H,5,18-23,25-26,28-29H2,(H,47,52)(H,55,56)/t38-/m0/s1. The van der Waals surface area contributed by atoms with E-state index >= 15 is 0 Å². The van der Waals surface area contributed by atoms with E-state index in [0.717, 1.165) is 22.3 Å². The van der Waals surface area contributed by atoms with Crippen LogP contribution in [0, 0.1) is 11.3 Å². The van der Waals surface area contributed by atoms with Crippen LogP contribution >= 0.6 is 0 Å². The van der Waals surface area contributed by atoms with Gasteiger partial charge < -0.3 is 35.4 Å². The van der Waals surface area contributed by atoms with Gasteiger partial charge in [0, 0.05) is 44.2 Å². The van der Waals surface area contributed by atoms with Crippen LogP contribution in [-0.4, -0.2) is 80.6 Å². The van der Waals surface area contributed by atoms with Gasteiger partial charge in [-0.2, -0.15) is 5.26 Å². The van der Waals surface area contributed by atoms with Crippen LogP contribution in [0.2, 0.25) is 0 Å². The monoisotopic (exact) mass is 755 g/mol. The van der Waals surface area contributed by atoms with Gasteiger partial charge in [-0.15, -0.1) is 0 Å². The lowest BCUT2D eigenvalue weighted by molar-refractivity contribution is -0.148. The van der Waals surface area contributed by atoms with Gasteiger partial charge >= 0.3 is 5.97 Å². The number of pyridine rings is 1. The highest BCUT2D eigenvalue weighted by atomic mass is 16.4. The Hall–Kier alpha value is -6.29. The molecule has 1 saturated heterocycles. The van der Waals surface area contributed by atoms with Crippen LogP contribution in [0.5, 0.6) is 5.75 Å². The average Bonchev–Trinajstić information content (AvgIpc) is 3.21. The molecule has 4 aromatic carbocycles. The summed E-state index contributed by atoms with van der Waals surface area (Å²) in [6, 6.07) is 31.9. The maximum Gasteiger partial charge on any atom is 0.314 e. The van der Waals surface area contributed by atoms with E-state index in [4.69, 9.17) is 0 Å². The minimum absolute atomic E-state index is 0.0689. The zero-order chi connectivity index (χ0) is 39.7. The van der Waals surface area contributed by atoms with Crippen molar-refractivity contribution < 1.29 is 29.7 Å². The second kappa shape index (κ2) is 17.9. The SMILES string of the molecule is N#Cc1cccc(CN(CCCNC[C@H](O)c2ccc(O)c3[nH]c(=O)ccc23)C(=O)Cc2ccc(CC(=O)N3CCC(C(=O)O)(c4ccccc4)CC3)cc2)c1. The van der Waals surface area contributed by atoms with Crippen molar-refractivity contribution in [1.82, 2.24) is 20.1 Å². The number of likely N-dealkylation sites (tertiary alicyclic amines) is 1. The molecular formula is C44H45N5O7. The van der Waals surface area contributed by atoms with Crippen molar-refractivity contribution in [3.8, 4) is 11.8 Å². The van der Waals surface area contributed by atoms with Gasteiger partial charge in [0.15, 0.2) is 0 Å². The highest BCUT2D eigenvalue weighted by Crippen LogP contribution is 2.36. The molecule has 0 saturated carbocycles. The number of nitrogens with zero attached hydrogens (tertiary/aromatic N) is 3. The van der Waals surface area contributed by atoms with Gasteiger partial charge in [0.1, 0.15) is 5.75 Å². The second-order valence-corrected chi connectivity index (χ2v) is 14.3. The fourth-order valence-electron chi connectivity index (χ4n) is 7.41. The molecule has 2 heterocycles. The Balaban J connectivity index is 1.03. The highest BCUT2D eigenvalue weighted by molar-refractivity contribution is 5.87. The Morgan fingerprint density at radius 1 is 0.893 bits per heavy atom. The molecule has 1 aliphatic heterocycles. The second-order valence-electron chi connectivity index (χ2n) is 14.3. The summed E-state index contributed by atoms with van der Waals surface area (Å²) >= 11 is 0. The van der Waals surface area contributed by atoms with Crippen molar-refractivity contribution in [2.75, 3.05) is 32.7 Å². The summed E-state index contributed by atoms with van der Waals surface area (Å²) in [5.74, 6) is -1.12. The first kappa shape index (κ1) is 39.4. The van der Waals surface area contributed by atoms with Gasteiger partial charge in [0.05, 0.1) is 41.5 Å². The van der Waals surface area contributed by atoms with Crippen LogP contribution in [0.15, 0.2) is 108 Å². The Bertz CT molecular complexity index is 2280. The number of carboxylic acid groups (broad SMARTS) is 1. The third kappa shape index (κ3) is 9.32. The number of nitrogens with one attached hydrogen (secondary N) is 2. The van der Waals surface area contributed by atoms with E-state index in [-0.39, 0.29) is 48.0 Å². The van der Waals surface area contributed by atoms with Gasteiger partial charge in [-0.3, -0.25) is 19.2 Å². The number of aromatic amines is 1. The first-order valence-corrected chi connectivity index (χ1v) is 18.7. The van der Waals surface area contributed by atoms with Crippen molar-refractivity contribution in [2.45, 2.75) is 50.2 Å². The number of piperidine rings is 1. The van der Waals surface area contributed by atoms with Gasteiger partial charge in [0.2, 0.25) is 17.4 Å². The summed E-state index contributed by atoms with van der Waals surface area (Å²) < 4.78 is 0. The molecule has 12 heteroatoms. The number of carbonyl (C=O) groups excluding carboxylic acids is 2. The molecule has 6 rings (SSSR count). The third-order valence-electron chi connectivity index (χ3n) is 10.6. The van der Waals surface area contributed by atoms with E-state index in [0.29, 0.717) is 68.5 Å². The molecule has 0 spiro atoms. The van der Waals surface area contributed by atoms with Crippen LogP contribution in [-0.2, 0) is 39.2 Å². The number of carboxylic acids is 1. The number of phenols is 1. The molecule has 0 aliphatic carbocycles. The average molecular weight is 756 g/mol. The van der Waals surface area contributed by atoms with E-state index in [1.807, 2.05) is 60.7 Å². The first-order valence-electron chi connectivity index (χ1n) is 18.7. The number of amides is 2. The number of aromatic nitrogens is 1. The smallest absolute Gasteiger partial charge is 0.314 e. The molecule has 0 bridgehead atoms. The normalized spacial score (nSPS) is 14.2. The molecule has 5 aromatic rings. The molecule has 2 amide bonds. The number of aromatic hydroxyl groups is 1. The fraction of sp³-hybridized carbons (Fsp3) is 0.295. The number of fused-ring (bicyclic) bond motifs is 1. The summed E-state index contributed by atoms with van der Waals surface area (Å²) in [5.41, 5.74) is 3.14. The molecule has 1 atom stereocenters. The number of hydrogen-bond acceptors (Lipinski definition) is 8. The van der Waals surface area contributed by atoms with Gasteiger partial charge in [-0.05, 0) is 77.9 Å². The first-order chi connectivity index (χ1) is 27.1. The molecule has 0 radical (unpaired) electrons. The van der Waals surface area contributed by atoms with Crippen molar-refractivity contribution in [3.63, 3.8) is 0 Å². The number of carbonyl (C=O) groups is 3. The minimum atomic E-state index is -1.01. The number of aliphatic hydroxyl groups excluding tert-OH is 1. The van der Waals surface area contributed by atoms with Crippen molar-refractivity contribution in [3.05, 3.63) is 147 Å². The Morgan fingerprint density at radius 2 is 1.61 bits per heavy atom. The van der Waals surface area contributed by atoms with Crippen molar-refractivity contribution >= 4 is 28.7 Å². The van der Waals surface area contributed by atoms with E-state index in [9.17, 15) is 39.8 Å². The van der Waals surface area contributed by atoms with Crippen molar-refractivity contribution in [2.24, 2.45) is 0 Å². The number of hydrogen-bond donors (Lipinski definition) is 5. The molecule has 1 fully saturated rings. The predicted octanol–water partition coefficient (Wildman–Crippen LogP) is 4.58. The number of benzene rings is 4. The Kier molecular flexibility index (Phi) is 12.6. The summed E-state index contributed by atoms with van der Waals surface area (Å²) in [6.07, 6.45) is 0.661. The van der Waals surface area contributed by atoms with Crippen LogP contribution in [0.25, 0.3) is 10.9 Å². The summed E-state index contributed by atoms with van der Waals surface area (Å²) in [7, 11) is 0. The van der Waals surface area contributed by atoms with E-state index in [1.165, 1.54) is 12.1 Å². The third-order valence-corrected chi connectivity index (χ3v) is 10.6. The molecule has 12 nitrogen and oxygen atoms in total. The fourth-order valence-corrected chi connectivity index (χ4v) is 7.41. The number of H-pyrrole nitrogens is 1. The zero-order valence-electron chi connectivity index (χ0n) is 31.0. The maximum absolute atomic E-state index is 13.7. The van der Waals surface area contributed by atoms with Gasteiger partial charge in [-0.1, -0.05) is 72.8 Å². The van der Waals surface area contributed by atoms with Crippen molar-refractivity contribution in [1.29, 1.82) is 5.26 Å². The summed E-state index contributed by atoms with van der Waals surface area (Å²) in [5, 5.41) is 44.4. The molecular weight excluding hydrogens is 711 g/mol. The summed E-state index contributed by atoms with van der Waals surface area (Å²) in [4.78, 5) is 57.2. The minimum Gasteiger partial charge on any atom is -0.506 e. The predicted molar refractivity (Wildman–Crippen MR) is 211 cm³/mol. The number of rotatable bonds is 15. The molecule has 1 aliphatic rings. The van der Waals surface area contributed by atoms with Crippen LogP contribution in [0.1, 0.15) is 58.7 Å². The topological polar surface area (TPSA) is 187 Å². The van der Waals surface area contributed by atoms with Gasteiger partial charge in [-0.25, -0.2) is 0 Å². The number of aliphatic carboxylic acids is 1.